The largest absolute Gasteiger partial charge is 0.372 e. The van der Waals surface area contributed by atoms with E-state index in [9.17, 15) is 4.79 Å². The van der Waals surface area contributed by atoms with Crippen LogP contribution in [0.3, 0.4) is 0 Å². The summed E-state index contributed by atoms with van der Waals surface area (Å²) >= 11 is 0. The standard InChI is InChI=1S/C17H32N2O2/c1-4-5-6-9-18-10-7-16(8-11-18)17(20)19-12-14(2)21-15(3)13-19/h14-16H,4-13H2,1-3H3. The summed E-state index contributed by atoms with van der Waals surface area (Å²) in [4.78, 5) is 17.2. The van der Waals surface area contributed by atoms with Crippen molar-refractivity contribution in [1.82, 2.24) is 9.80 Å². The summed E-state index contributed by atoms with van der Waals surface area (Å²) in [5, 5.41) is 0. The Morgan fingerprint density at radius 2 is 1.71 bits per heavy atom. The SMILES string of the molecule is CCCCCN1CCC(C(=O)N2CC(C)OC(C)C2)CC1. The summed E-state index contributed by atoms with van der Waals surface area (Å²) in [6, 6.07) is 0. The summed E-state index contributed by atoms with van der Waals surface area (Å²) in [6.45, 7) is 11.3. The van der Waals surface area contributed by atoms with E-state index in [0.717, 1.165) is 39.0 Å². The highest BCUT2D eigenvalue weighted by molar-refractivity contribution is 5.79. The van der Waals surface area contributed by atoms with Gasteiger partial charge in [-0.05, 0) is 52.7 Å². The average molecular weight is 296 g/mol. The molecular weight excluding hydrogens is 264 g/mol. The number of hydrogen-bond acceptors (Lipinski definition) is 3. The van der Waals surface area contributed by atoms with Gasteiger partial charge in [0.05, 0.1) is 12.2 Å². The van der Waals surface area contributed by atoms with E-state index in [-0.39, 0.29) is 18.1 Å². The maximum Gasteiger partial charge on any atom is 0.225 e. The van der Waals surface area contributed by atoms with Crippen LogP contribution in [0.25, 0.3) is 0 Å². The summed E-state index contributed by atoms with van der Waals surface area (Å²) in [5.74, 6) is 0.607. The molecule has 0 aromatic carbocycles. The number of hydrogen-bond donors (Lipinski definition) is 0. The number of unbranched alkanes of at least 4 members (excludes halogenated alkanes) is 2. The first-order valence-corrected chi connectivity index (χ1v) is 8.76. The molecule has 122 valence electrons. The number of carbonyl (C=O) groups is 1. The number of rotatable bonds is 5. The zero-order valence-corrected chi connectivity index (χ0v) is 14.0. The van der Waals surface area contributed by atoms with E-state index in [2.05, 4.69) is 25.7 Å². The van der Waals surface area contributed by atoms with E-state index in [1.54, 1.807) is 0 Å². The average Bonchev–Trinajstić information content (AvgIpc) is 2.46. The molecule has 0 aromatic heterocycles. The van der Waals surface area contributed by atoms with Gasteiger partial charge in [0.25, 0.3) is 0 Å². The lowest BCUT2D eigenvalue weighted by atomic mass is 9.94. The maximum absolute atomic E-state index is 12.7. The quantitative estimate of drug-likeness (QED) is 0.731. The Labute approximate surface area is 129 Å². The third kappa shape index (κ3) is 4.96. The zero-order valence-electron chi connectivity index (χ0n) is 14.0. The molecule has 0 spiro atoms. The van der Waals surface area contributed by atoms with E-state index in [1.165, 1.54) is 25.8 Å². The minimum absolute atomic E-state index is 0.173. The number of carbonyl (C=O) groups excluding carboxylic acids is 1. The van der Waals surface area contributed by atoms with Crippen molar-refractivity contribution >= 4 is 5.91 Å². The molecule has 0 aliphatic carbocycles. The molecule has 2 unspecified atom stereocenters. The predicted octanol–water partition coefficient (Wildman–Crippen LogP) is 2.52. The number of ether oxygens (including phenoxy) is 1. The first-order chi connectivity index (χ1) is 10.1. The van der Waals surface area contributed by atoms with E-state index < -0.39 is 0 Å². The molecule has 2 rings (SSSR count). The molecule has 2 atom stereocenters. The molecule has 0 N–H and O–H groups in total. The van der Waals surface area contributed by atoms with Crippen LogP contribution in [-0.2, 0) is 9.53 Å². The van der Waals surface area contributed by atoms with Crippen molar-refractivity contribution in [1.29, 1.82) is 0 Å². The second kappa shape index (κ2) is 8.14. The Hall–Kier alpha value is -0.610. The number of morpholine rings is 1. The van der Waals surface area contributed by atoms with Crippen LogP contribution in [0.15, 0.2) is 0 Å². The number of nitrogens with zero attached hydrogens (tertiary/aromatic N) is 2. The van der Waals surface area contributed by atoms with Crippen molar-refractivity contribution in [3.8, 4) is 0 Å². The zero-order chi connectivity index (χ0) is 15.2. The lowest BCUT2D eigenvalue weighted by Gasteiger charge is -2.39. The Balaban J connectivity index is 1.75. The van der Waals surface area contributed by atoms with Crippen molar-refractivity contribution in [2.45, 2.75) is 65.1 Å². The van der Waals surface area contributed by atoms with Crippen LogP contribution in [0.4, 0.5) is 0 Å². The molecule has 0 bridgehead atoms. The summed E-state index contributed by atoms with van der Waals surface area (Å²) in [5.41, 5.74) is 0. The maximum atomic E-state index is 12.7. The number of amides is 1. The van der Waals surface area contributed by atoms with Gasteiger partial charge in [0.2, 0.25) is 5.91 Å². The molecule has 0 radical (unpaired) electrons. The van der Waals surface area contributed by atoms with Crippen LogP contribution in [0.5, 0.6) is 0 Å². The third-order valence-electron chi connectivity index (χ3n) is 4.75. The van der Waals surface area contributed by atoms with Gasteiger partial charge in [-0.25, -0.2) is 0 Å². The van der Waals surface area contributed by atoms with E-state index in [1.807, 2.05) is 4.90 Å². The highest BCUT2D eigenvalue weighted by Crippen LogP contribution is 2.22. The third-order valence-corrected chi connectivity index (χ3v) is 4.75. The van der Waals surface area contributed by atoms with Gasteiger partial charge in [0.15, 0.2) is 0 Å². The van der Waals surface area contributed by atoms with Crippen molar-refractivity contribution in [2.24, 2.45) is 5.92 Å². The van der Waals surface area contributed by atoms with Gasteiger partial charge in [0.1, 0.15) is 0 Å². The normalized spacial score (nSPS) is 28.8. The topological polar surface area (TPSA) is 32.8 Å². The van der Waals surface area contributed by atoms with E-state index in [4.69, 9.17) is 4.74 Å². The van der Waals surface area contributed by atoms with Crippen LogP contribution >= 0.6 is 0 Å². The van der Waals surface area contributed by atoms with Gasteiger partial charge in [0, 0.05) is 19.0 Å². The molecule has 0 aromatic rings. The Bertz CT molecular complexity index is 317. The molecule has 2 aliphatic rings. The van der Waals surface area contributed by atoms with Crippen LogP contribution in [0, 0.1) is 5.92 Å². The van der Waals surface area contributed by atoms with Crippen molar-refractivity contribution < 1.29 is 9.53 Å². The summed E-state index contributed by atoms with van der Waals surface area (Å²) < 4.78 is 5.72. The monoisotopic (exact) mass is 296 g/mol. The molecule has 2 heterocycles. The van der Waals surface area contributed by atoms with Gasteiger partial charge < -0.3 is 14.5 Å². The first kappa shape index (κ1) is 16.8. The fourth-order valence-corrected chi connectivity index (χ4v) is 3.60. The molecule has 2 saturated heterocycles. The Kier molecular flexibility index (Phi) is 6.49. The Morgan fingerprint density at radius 3 is 2.29 bits per heavy atom. The molecule has 4 heteroatoms. The van der Waals surface area contributed by atoms with Crippen LogP contribution in [0.2, 0.25) is 0 Å². The minimum Gasteiger partial charge on any atom is -0.372 e. The van der Waals surface area contributed by atoms with Crippen LogP contribution in [-0.4, -0.2) is 60.6 Å². The predicted molar refractivity (Wildman–Crippen MR) is 85.3 cm³/mol. The van der Waals surface area contributed by atoms with Crippen molar-refractivity contribution in [3.63, 3.8) is 0 Å². The lowest BCUT2D eigenvalue weighted by molar-refractivity contribution is -0.148. The molecule has 4 nitrogen and oxygen atoms in total. The smallest absolute Gasteiger partial charge is 0.225 e. The van der Waals surface area contributed by atoms with Gasteiger partial charge in [-0.1, -0.05) is 19.8 Å². The van der Waals surface area contributed by atoms with Gasteiger partial charge in [-0.15, -0.1) is 0 Å². The minimum atomic E-state index is 0.173. The second-order valence-electron chi connectivity index (χ2n) is 6.82. The van der Waals surface area contributed by atoms with E-state index in [0.29, 0.717) is 5.91 Å². The van der Waals surface area contributed by atoms with Crippen LogP contribution in [0.1, 0.15) is 52.9 Å². The second-order valence-corrected chi connectivity index (χ2v) is 6.82. The molecule has 2 fully saturated rings. The molecular formula is C17H32N2O2. The van der Waals surface area contributed by atoms with Gasteiger partial charge in [-0.2, -0.15) is 0 Å². The lowest BCUT2D eigenvalue weighted by Crippen LogP contribution is -2.51. The number of likely N-dealkylation sites (tertiary alicyclic amines) is 1. The van der Waals surface area contributed by atoms with Crippen LogP contribution < -0.4 is 0 Å². The summed E-state index contributed by atoms with van der Waals surface area (Å²) in [6.07, 6.45) is 6.31. The highest BCUT2D eigenvalue weighted by Gasteiger charge is 2.32. The molecule has 21 heavy (non-hydrogen) atoms. The highest BCUT2D eigenvalue weighted by atomic mass is 16.5. The van der Waals surface area contributed by atoms with Gasteiger partial charge in [-0.3, -0.25) is 4.79 Å². The van der Waals surface area contributed by atoms with Gasteiger partial charge >= 0.3 is 0 Å². The Morgan fingerprint density at radius 1 is 1.10 bits per heavy atom. The van der Waals surface area contributed by atoms with Crippen molar-refractivity contribution in [2.75, 3.05) is 32.7 Å². The van der Waals surface area contributed by atoms with E-state index >= 15 is 0 Å². The molecule has 2 aliphatic heterocycles. The molecule has 0 saturated carbocycles. The first-order valence-electron chi connectivity index (χ1n) is 8.76. The fraction of sp³-hybridized carbons (Fsp3) is 0.941. The fourth-order valence-electron chi connectivity index (χ4n) is 3.60. The summed E-state index contributed by atoms with van der Waals surface area (Å²) in [7, 11) is 0. The molecule has 1 amide bonds. The van der Waals surface area contributed by atoms with Crippen molar-refractivity contribution in [3.05, 3.63) is 0 Å². The number of piperidine rings is 1.